The standard InChI is InChI=1S/C6H12O/c1-2-5-3-6(7)4-5/h5-7H,2-4H2,1H3/t5-,6-. The van der Waals surface area contributed by atoms with Crippen LogP contribution in [0.1, 0.15) is 26.2 Å². The molecule has 0 atom stereocenters. The number of aliphatic hydroxyl groups is 1. The molecular formula is C6H12O. The first-order valence-electron chi connectivity index (χ1n) is 3.01. The van der Waals surface area contributed by atoms with E-state index in [-0.39, 0.29) is 6.10 Å². The Labute approximate surface area is 44.4 Å². The summed E-state index contributed by atoms with van der Waals surface area (Å²) >= 11 is 0. The van der Waals surface area contributed by atoms with Crippen molar-refractivity contribution in [3.8, 4) is 0 Å². The Balaban J connectivity index is 2.06. The Kier molecular flexibility index (Phi) is 1.33. The van der Waals surface area contributed by atoms with E-state index in [1.54, 1.807) is 0 Å². The summed E-state index contributed by atoms with van der Waals surface area (Å²) < 4.78 is 0. The van der Waals surface area contributed by atoms with Crippen molar-refractivity contribution in [1.29, 1.82) is 0 Å². The van der Waals surface area contributed by atoms with Crippen LogP contribution < -0.4 is 0 Å². The molecule has 42 valence electrons. The third-order valence-electron chi connectivity index (χ3n) is 1.79. The highest BCUT2D eigenvalue weighted by Gasteiger charge is 2.24. The second-order valence-electron chi connectivity index (χ2n) is 2.40. The molecule has 0 aromatic rings. The molecule has 1 heteroatoms. The molecule has 0 radical (unpaired) electrons. The first kappa shape index (κ1) is 5.10. The highest BCUT2D eigenvalue weighted by molar-refractivity contribution is 4.76. The molecule has 7 heavy (non-hydrogen) atoms. The number of hydrogen-bond acceptors (Lipinski definition) is 1. The van der Waals surface area contributed by atoms with Gasteiger partial charge in [0.1, 0.15) is 0 Å². The molecule has 0 aromatic carbocycles. The molecule has 0 heterocycles. The molecule has 1 N–H and O–H groups in total. The van der Waals surface area contributed by atoms with Gasteiger partial charge in [0.15, 0.2) is 0 Å². The minimum absolute atomic E-state index is 0.0462. The second kappa shape index (κ2) is 1.83. The van der Waals surface area contributed by atoms with Crippen LogP contribution in [0.25, 0.3) is 0 Å². The van der Waals surface area contributed by atoms with Crippen LogP contribution >= 0.6 is 0 Å². The van der Waals surface area contributed by atoms with E-state index in [1.807, 2.05) is 0 Å². The summed E-state index contributed by atoms with van der Waals surface area (Å²) in [7, 11) is 0. The van der Waals surface area contributed by atoms with Crippen LogP contribution in [-0.4, -0.2) is 11.2 Å². The fourth-order valence-corrected chi connectivity index (χ4v) is 1.03. The monoisotopic (exact) mass is 100 g/mol. The lowest BCUT2D eigenvalue weighted by atomic mass is 9.81. The summed E-state index contributed by atoms with van der Waals surface area (Å²) in [6, 6.07) is 0. The van der Waals surface area contributed by atoms with Gasteiger partial charge in [-0.15, -0.1) is 0 Å². The van der Waals surface area contributed by atoms with Gasteiger partial charge >= 0.3 is 0 Å². The molecule has 1 fully saturated rings. The van der Waals surface area contributed by atoms with Gasteiger partial charge in [-0.05, 0) is 18.8 Å². The topological polar surface area (TPSA) is 20.2 Å². The maximum absolute atomic E-state index is 8.75. The lowest BCUT2D eigenvalue weighted by molar-refractivity contribution is 0.0414. The molecule has 0 unspecified atom stereocenters. The fourth-order valence-electron chi connectivity index (χ4n) is 1.03. The van der Waals surface area contributed by atoms with E-state index in [1.165, 1.54) is 6.42 Å². The van der Waals surface area contributed by atoms with Crippen molar-refractivity contribution < 1.29 is 5.11 Å². The van der Waals surface area contributed by atoms with Gasteiger partial charge in [-0.1, -0.05) is 13.3 Å². The van der Waals surface area contributed by atoms with Gasteiger partial charge in [0.25, 0.3) is 0 Å². The van der Waals surface area contributed by atoms with Gasteiger partial charge in [-0.2, -0.15) is 0 Å². The first-order valence-corrected chi connectivity index (χ1v) is 3.01. The Morgan fingerprint density at radius 2 is 2.14 bits per heavy atom. The summed E-state index contributed by atoms with van der Waals surface area (Å²) in [4.78, 5) is 0. The van der Waals surface area contributed by atoms with Crippen LogP contribution in [-0.2, 0) is 0 Å². The predicted molar refractivity (Wildman–Crippen MR) is 29.0 cm³/mol. The van der Waals surface area contributed by atoms with Crippen molar-refractivity contribution >= 4 is 0 Å². The zero-order valence-electron chi connectivity index (χ0n) is 4.72. The predicted octanol–water partition coefficient (Wildman–Crippen LogP) is 1.17. The zero-order valence-corrected chi connectivity index (χ0v) is 4.72. The van der Waals surface area contributed by atoms with Crippen molar-refractivity contribution in [2.75, 3.05) is 0 Å². The number of hydrogen-bond donors (Lipinski definition) is 1. The van der Waals surface area contributed by atoms with Crippen LogP contribution in [0.3, 0.4) is 0 Å². The van der Waals surface area contributed by atoms with Crippen molar-refractivity contribution in [3.05, 3.63) is 0 Å². The lowest BCUT2D eigenvalue weighted by Gasteiger charge is -2.29. The van der Waals surface area contributed by atoms with Crippen molar-refractivity contribution in [3.63, 3.8) is 0 Å². The van der Waals surface area contributed by atoms with E-state index in [2.05, 4.69) is 6.92 Å². The Morgan fingerprint density at radius 3 is 2.29 bits per heavy atom. The van der Waals surface area contributed by atoms with Crippen LogP contribution in [0.5, 0.6) is 0 Å². The SMILES string of the molecule is CC[C@H]1C[C@H](O)C1. The Morgan fingerprint density at radius 1 is 1.57 bits per heavy atom. The first-order chi connectivity index (χ1) is 3.33. The molecule has 0 bridgehead atoms. The molecule has 1 rings (SSSR count). The number of aliphatic hydroxyl groups excluding tert-OH is 1. The van der Waals surface area contributed by atoms with Gasteiger partial charge < -0.3 is 5.11 Å². The highest BCUT2D eigenvalue weighted by Crippen LogP contribution is 2.29. The van der Waals surface area contributed by atoms with Gasteiger partial charge in [-0.3, -0.25) is 0 Å². The van der Waals surface area contributed by atoms with Crippen LogP contribution in [0.2, 0.25) is 0 Å². The summed E-state index contributed by atoms with van der Waals surface area (Å²) in [6.07, 6.45) is 3.40. The van der Waals surface area contributed by atoms with Gasteiger partial charge in [-0.25, -0.2) is 0 Å². The van der Waals surface area contributed by atoms with Crippen molar-refractivity contribution in [1.82, 2.24) is 0 Å². The van der Waals surface area contributed by atoms with Crippen LogP contribution in [0, 0.1) is 5.92 Å². The van der Waals surface area contributed by atoms with Gasteiger partial charge in [0.05, 0.1) is 6.10 Å². The Bertz CT molecular complexity index is 55.2. The summed E-state index contributed by atoms with van der Waals surface area (Å²) in [6.45, 7) is 2.18. The smallest absolute Gasteiger partial charge is 0.0545 e. The third-order valence-corrected chi connectivity index (χ3v) is 1.79. The molecule has 1 saturated carbocycles. The molecule has 0 aromatic heterocycles. The summed E-state index contributed by atoms with van der Waals surface area (Å²) in [5, 5.41) is 8.75. The normalized spacial score (nSPS) is 40.3. The van der Waals surface area contributed by atoms with E-state index in [9.17, 15) is 0 Å². The maximum atomic E-state index is 8.75. The average molecular weight is 100 g/mol. The van der Waals surface area contributed by atoms with Crippen LogP contribution in [0.4, 0.5) is 0 Å². The summed E-state index contributed by atoms with van der Waals surface area (Å²) in [5.74, 6) is 0.843. The molecule has 1 aliphatic carbocycles. The van der Waals surface area contributed by atoms with E-state index >= 15 is 0 Å². The van der Waals surface area contributed by atoms with Crippen LogP contribution in [0.15, 0.2) is 0 Å². The molecule has 0 amide bonds. The molecule has 1 aliphatic rings. The summed E-state index contributed by atoms with van der Waals surface area (Å²) in [5.41, 5.74) is 0. The maximum Gasteiger partial charge on any atom is 0.0545 e. The molecule has 1 nitrogen and oxygen atoms in total. The van der Waals surface area contributed by atoms with E-state index in [0.717, 1.165) is 18.8 Å². The van der Waals surface area contributed by atoms with E-state index in [4.69, 9.17) is 5.11 Å². The Hall–Kier alpha value is -0.0400. The minimum Gasteiger partial charge on any atom is -0.393 e. The molecule has 0 spiro atoms. The quantitative estimate of drug-likeness (QED) is 0.524. The third kappa shape index (κ3) is 0.942. The second-order valence-corrected chi connectivity index (χ2v) is 2.40. The fraction of sp³-hybridized carbons (Fsp3) is 1.00. The highest BCUT2D eigenvalue weighted by atomic mass is 16.3. The van der Waals surface area contributed by atoms with E-state index < -0.39 is 0 Å². The molecular weight excluding hydrogens is 88.1 g/mol. The van der Waals surface area contributed by atoms with Gasteiger partial charge in [0, 0.05) is 0 Å². The van der Waals surface area contributed by atoms with E-state index in [0.29, 0.717) is 0 Å². The minimum atomic E-state index is 0.0462. The van der Waals surface area contributed by atoms with Gasteiger partial charge in [0.2, 0.25) is 0 Å². The lowest BCUT2D eigenvalue weighted by Crippen LogP contribution is -2.27. The average Bonchev–Trinajstić information content (AvgIpc) is 1.58. The molecule has 0 aliphatic heterocycles. The molecule has 0 saturated heterocycles. The largest absolute Gasteiger partial charge is 0.393 e. The zero-order chi connectivity index (χ0) is 5.28. The van der Waals surface area contributed by atoms with Crippen molar-refractivity contribution in [2.24, 2.45) is 5.92 Å². The number of rotatable bonds is 1. The van der Waals surface area contributed by atoms with Crippen molar-refractivity contribution in [2.45, 2.75) is 32.3 Å².